The number of piperazine rings is 1. The summed E-state index contributed by atoms with van der Waals surface area (Å²) < 4.78 is 19.4. The zero-order valence-electron chi connectivity index (χ0n) is 16.5. The van der Waals surface area contributed by atoms with Crippen LogP contribution in [0.1, 0.15) is 39.5 Å². The van der Waals surface area contributed by atoms with Crippen molar-refractivity contribution in [3.05, 3.63) is 42.5 Å². The van der Waals surface area contributed by atoms with E-state index in [0.29, 0.717) is 37.8 Å². The molecule has 6 nitrogen and oxygen atoms in total. The van der Waals surface area contributed by atoms with Crippen LogP contribution in [-0.4, -0.2) is 46.5 Å². The van der Waals surface area contributed by atoms with Crippen molar-refractivity contribution in [1.82, 2.24) is 14.9 Å². The van der Waals surface area contributed by atoms with Crippen LogP contribution in [0.3, 0.4) is 0 Å². The lowest BCUT2D eigenvalue weighted by Crippen LogP contribution is -2.54. The van der Waals surface area contributed by atoms with E-state index in [0.717, 1.165) is 19.3 Å². The van der Waals surface area contributed by atoms with E-state index in [-0.39, 0.29) is 17.7 Å². The van der Waals surface area contributed by atoms with Crippen LogP contribution in [0.25, 0.3) is 0 Å². The summed E-state index contributed by atoms with van der Waals surface area (Å²) in [6.45, 7) is 6.24. The molecule has 150 valence electrons. The lowest BCUT2D eigenvalue weighted by Gasteiger charge is -2.40. The van der Waals surface area contributed by atoms with E-state index in [1.807, 2.05) is 4.90 Å². The zero-order valence-corrected chi connectivity index (χ0v) is 16.5. The summed E-state index contributed by atoms with van der Waals surface area (Å²) in [5.41, 5.74) is 0. The highest BCUT2D eigenvalue weighted by Gasteiger charge is 2.27. The molecule has 1 fully saturated rings. The first kappa shape index (κ1) is 20.0. The number of aromatic nitrogens is 2. The Kier molecular flexibility index (Phi) is 6.79. The van der Waals surface area contributed by atoms with Crippen molar-refractivity contribution >= 4 is 11.7 Å². The number of nitrogens with zero attached hydrogens (tertiary/aromatic N) is 4. The topological polar surface area (TPSA) is 58.6 Å². The summed E-state index contributed by atoms with van der Waals surface area (Å²) >= 11 is 0. The molecular weight excluding hydrogens is 359 g/mol. The molecule has 0 aliphatic carbocycles. The van der Waals surface area contributed by atoms with Crippen LogP contribution in [0.2, 0.25) is 0 Å². The van der Waals surface area contributed by atoms with Crippen LogP contribution < -0.4 is 9.64 Å². The maximum absolute atomic E-state index is 13.8. The van der Waals surface area contributed by atoms with E-state index in [4.69, 9.17) is 4.74 Å². The highest BCUT2D eigenvalue weighted by molar-refractivity contribution is 5.76. The first-order valence-corrected chi connectivity index (χ1v) is 9.87. The van der Waals surface area contributed by atoms with Gasteiger partial charge in [0.1, 0.15) is 12.1 Å². The highest BCUT2D eigenvalue weighted by atomic mass is 19.1. The number of rotatable bonds is 7. The predicted octanol–water partition coefficient (Wildman–Crippen LogP) is 4.03. The van der Waals surface area contributed by atoms with Crippen molar-refractivity contribution in [1.29, 1.82) is 0 Å². The smallest absolute Gasteiger partial charge is 0.224 e. The van der Waals surface area contributed by atoms with Crippen molar-refractivity contribution in [3.63, 3.8) is 0 Å². The normalized spacial score (nSPS) is 16.9. The van der Waals surface area contributed by atoms with Crippen molar-refractivity contribution in [2.75, 3.05) is 24.5 Å². The number of para-hydroxylation sites is 1. The fourth-order valence-corrected chi connectivity index (χ4v) is 3.40. The molecule has 0 unspecified atom stereocenters. The molecule has 1 amide bonds. The van der Waals surface area contributed by atoms with Gasteiger partial charge in [0.2, 0.25) is 11.8 Å². The van der Waals surface area contributed by atoms with Gasteiger partial charge < -0.3 is 14.5 Å². The maximum atomic E-state index is 13.8. The first-order valence-electron chi connectivity index (χ1n) is 9.87. The lowest BCUT2D eigenvalue weighted by atomic mass is 10.1. The van der Waals surface area contributed by atoms with Crippen LogP contribution in [0, 0.1) is 5.82 Å². The molecule has 1 saturated heterocycles. The molecule has 0 radical (unpaired) electrons. The predicted molar refractivity (Wildman–Crippen MR) is 106 cm³/mol. The number of amides is 1. The van der Waals surface area contributed by atoms with Gasteiger partial charge in [-0.1, -0.05) is 31.9 Å². The Morgan fingerprint density at radius 2 is 2.07 bits per heavy atom. The minimum Gasteiger partial charge on any atom is -0.436 e. The van der Waals surface area contributed by atoms with Gasteiger partial charge in [0.15, 0.2) is 11.6 Å². The average molecular weight is 386 g/mol. The molecule has 1 aromatic carbocycles. The van der Waals surface area contributed by atoms with E-state index in [2.05, 4.69) is 28.7 Å². The first-order chi connectivity index (χ1) is 13.6. The van der Waals surface area contributed by atoms with Crippen LogP contribution in [0.5, 0.6) is 11.6 Å². The van der Waals surface area contributed by atoms with Gasteiger partial charge in [-0.25, -0.2) is 14.4 Å². The Morgan fingerprint density at radius 1 is 1.25 bits per heavy atom. The molecule has 3 rings (SSSR count). The van der Waals surface area contributed by atoms with E-state index in [1.165, 1.54) is 12.4 Å². The molecule has 1 aromatic heterocycles. The molecule has 1 aliphatic rings. The van der Waals surface area contributed by atoms with Crippen molar-refractivity contribution in [2.45, 2.75) is 45.6 Å². The maximum Gasteiger partial charge on any atom is 0.224 e. The van der Waals surface area contributed by atoms with Gasteiger partial charge in [0.05, 0.1) is 0 Å². The fraction of sp³-hybridized carbons (Fsp3) is 0.476. The SMILES string of the molecule is CCCCCC(=O)N1CCN(c2cc(Oc3ccccc3F)ncn2)C[C@@H]1C. The third-order valence-electron chi connectivity index (χ3n) is 4.94. The van der Waals surface area contributed by atoms with Crippen LogP contribution in [0.15, 0.2) is 36.7 Å². The highest BCUT2D eigenvalue weighted by Crippen LogP contribution is 2.25. The second-order valence-electron chi connectivity index (χ2n) is 7.09. The zero-order chi connectivity index (χ0) is 19.9. The largest absolute Gasteiger partial charge is 0.436 e. The molecule has 7 heteroatoms. The summed E-state index contributed by atoms with van der Waals surface area (Å²) in [6, 6.07) is 8.03. The minimum atomic E-state index is -0.438. The van der Waals surface area contributed by atoms with Crippen molar-refractivity contribution in [3.8, 4) is 11.6 Å². The molecule has 2 aromatic rings. The van der Waals surface area contributed by atoms with Gasteiger partial charge in [-0.05, 0) is 25.5 Å². The Labute approximate surface area is 165 Å². The monoisotopic (exact) mass is 386 g/mol. The number of anilines is 1. The number of unbranched alkanes of at least 4 members (excludes halogenated alkanes) is 2. The third-order valence-corrected chi connectivity index (χ3v) is 4.94. The Morgan fingerprint density at radius 3 is 2.82 bits per heavy atom. The Bertz CT molecular complexity index is 801. The molecule has 28 heavy (non-hydrogen) atoms. The van der Waals surface area contributed by atoms with Crippen molar-refractivity contribution in [2.24, 2.45) is 0 Å². The second-order valence-corrected chi connectivity index (χ2v) is 7.09. The van der Waals surface area contributed by atoms with Gasteiger partial charge in [0.25, 0.3) is 0 Å². The fourth-order valence-electron chi connectivity index (χ4n) is 3.40. The number of halogens is 1. The van der Waals surface area contributed by atoms with Gasteiger partial charge in [-0.3, -0.25) is 4.79 Å². The molecule has 2 heterocycles. The molecule has 0 N–H and O–H groups in total. The number of benzene rings is 1. The van der Waals surface area contributed by atoms with Gasteiger partial charge in [-0.15, -0.1) is 0 Å². The van der Waals surface area contributed by atoms with Crippen LogP contribution in [0.4, 0.5) is 10.2 Å². The Hall–Kier alpha value is -2.70. The van der Waals surface area contributed by atoms with Crippen LogP contribution >= 0.6 is 0 Å². The Balaban J connectivity index is 1.62. The van der Waals surface area contributed by atoms with Crippen LogP contribution in [-0.2, 0) is 4.79 Å². The van der Waals surface area contributed by atoms with E-state index >= 15 is 0 Å². The molecule has 1 atom stereocenters. The van der Waals surface area contributed by atoms with Gasteiger partial charge in [0, 0.05) is 38.2 Å². The summed E-state index contributed by atoms with van der Waals surface area (Å²) in [5, 5.41) is 0. The number of hydrogen-bond acceptors (Lipinski definition) is 5. The molecule has 0 bridgehead atoms. The lowest BCUT2D eigenvalue weighted by molar-refractivity contribution is -0.133. The number of hydrogen-bond donors (Lipinski definition) is 0. The van der Waals surface area contributed by atoms with Gasteiger partial charge >= 0.3 is 0 Å². The molecular formula is C21H27FN4O2. The summed E-state index contributed by atoms with van der Waals surface area (Å²) in [4.78, 5) is 24.9. The minimum absolute atomic E-state index is 0.105. The van der Waals surface area contributed by atoms with Gasteiger partial charge in [-0.2, -0.15) is 0 Å². The van der Waals surface area contributed by atoms with E-state index in [1.54, 1.807) is 24.3 Å². The summed E-state index contributed by atoms with van der Waals surface area (Å²) in [6.07, 6.45) is 5.18. The van der Waals surface area contributed by atoms with E-state index < -0.39 is 5.82 Å². The van der Waals surface area contributed by atoms with E-state index in [9.17, 15) is 9.18 Å². The molecule has 1 aliphatic heterocycles. The molecule has 0 saturated carbocycles. The number of carbonyl (C=O) groups excluding carboxylic acids is 1. The number of ether oxygens (including phenoxy) is 1. The standard InChI is InChI=1S/C21H27FN4O2/c1-3-4-5-10-21(27)26-12-11-25(14-16(26)2)19-13-20(24-15-23-19)28-18-9-7-6-8-17(18)22/h6-9,13,15-16H,3-5,10-12,14H2,1-2H3/t16-/m0/s1. The molecule has 0 spiro atoms. The number of carbonyl (C=O) groups is 1. The summed E-state index contributed by atoms with van der Waals surface area (Å²) in [7, 11) is 0. The van der Waals surface area contributed by atoms with Crippen molar-refractivity contribution < 1.29 is 13.9 Å². The second kappa shape index (κ2) is 9.48. The summed E-state index contributed by atoms with van der Waals surface area (Å²) in [5.74, 6) is 0.924. The quantitative estimate of drug-likeness (QED) is 0.673. The third kappa shape index (κ3) is 4.97. The average Bonchev–Trinajstić information content (AvgIpc) is 2.70.